The SMILES string of the molecule is O=C(O)/C(Cl)=C/c1cccs1. The number of carboxylic acids is 1. The van der Waals surface area contributed by atoms with Crippen molar-refractivity contribution in [2.75, 3.05) is 0 Å². The van der Waals surface area contributed by atoms with Gasteiger partial charge in [-0.3, -0.25) is 0 Å². The molecular weight excluding hydrogens is 184 g/mol. The highest BCUT2D eigenvalue weighted by Crippen LogP contribution is 2.15. The van der Waals surface area contributed by atoms with Crippen LogP contribution in [0.2, 0.25) is 0 Å². The summed E-state index contributed by atoms with van der Waals surface area (Å²) in [5.41, 5.74) is 0. The van der Waals surface area contributed by atoms with Crippen LogP contribution >= 0.6 is 22.9 Å². The van der Waals surface area contributed by atoms with Crippen molar-refractivity contribution in [2.45, 2.75) is 0 Å². The number of halogens is 1. The zero-order valence-electron chi connectivity index (χ0n) is 5.45. The van der Waals surface area contributed by atoms with Crippen molar-refractivity contribution in [3.05, 3.63) is 27.4 Å². The maximum Gasteiger partial charge on any atom is 0.347 e. The zero-order valence-corrected chi connectivity index (χ0v) is 7.02. The fourth-order valence-corrected chi connectivity index (χ4v) is 1.40. The minimum atomic E-state index is -1.10. The first kappa shape index (κ1) is 8.30. The molecule has 1 aromatic heterocycles. The number of aliphatic carboxylic acids is 1. The summed E-state index contributed by atoms with van der Waals surface area (Å²) in [4.78, 5) is 11.1. The summed E-state index contributed by atoms with van der Waals surface area (Å²) in [5.74, 6) is -1.10. The Morgan fingerprint density at radius 2 is 2.45 bits per heavy atom. The minimum absolute atomic E-state index is 0.160. The Balaban J connectivity index is 2.82. The predicted molar refractivity (Wildman–Crippen MR) is 45.8 cm³/mol. The van der Waals surface area contributed by atoms with E-state index in [-0.39, 0.29) is 5.03 Å². The van der Waals surface area contributed by atoms with Gasteiger partial charge in [-0.1, -0.05) is 17.7 Å². The highest BCUT2D eigenvalue weighted by Gasteiger charge is 2.01. The first-order valence-electron chi connectivity index (χ1n) is 2.84. The normalized spacial score (nSPS) is 11.5. The van der Waals surface area contributed by atoms with Gasteiger partial charge in [-0.2, -0.15) is 0 Å². The van der Waals surface area contributed by atoms with E-state index in [0.717, 1.165) is 4.88 Å². The van der Waals surface area contributed by atoms with Gasteiger partial charge in [0.15, 0.2) is 0 Å². The van der Waals surface area contributed by atoms with Crippen molar-refractivity contribution in [1.29, 1.82) is 0 Å². The van der Waals surface area contributed by atoms with Gasteiger partial charge in [0.25, 0.3) is 0 Å². The number of rotatable bonds is 2. The molecule has 0 aliphatic heterocycles. The van der Waals surface area contributed by atoms with Crippen LogP contribution in [0.1, 0.15) is 4.88 Å². The van der Waals surface area contributed by atoms with Crippen molar-refractivity contribution >= 4 is 35.0 Å². The third kappa shape index (κ3) is 2.37. The maximum absolute atomic E-state index is 10.2. The van der Waals surface area contributed by atoms with Crippen molar-refractivity contribution < 1.29 is 9.90 Å². The van der Waals surface area contributed by atoms with E-state index in [0.29, 0.717) is 0 Å². The number of hydrogen-bond donors (Lipinski definition) is 1. The van der Waals surface area contributed by atoms with Crippen molar-refractivity contribution in [3.63, 3.8) is 0 Å². The van der Waals surface area contributed by atoms with Crippen molar-refractivity contribution in [2.24, 2.45) is 0 Å². The van der Waals surface area contributed by atoms with E-state index < -0.39 is 5.97 Å². The average Bonchev–Trinajstić information content (AvgIpc) is 2.39. The van der Waals surface area contributed by atoms with Crippen LogP contribution in [0.4, 0.5) is 0 Å². The molecule has 0 fully saturated rings. The van der Waals surface area contributed by atoms with Crippen molar-refractivity contribution in [3.8, 4) is 0 Å². The maximum atomic E-state index is 10.2. The highest BCUT2D eigenvalue weighted by atomic mass is 35.5. The first-order valence-corrected chi connectivity index (χ1v) is 4.10. The van der Waals surface area contributed by atoms with Gasteiger partial charge in [0.05, 0.1) is 0 Å². The Morgan fingerprint density at radius 1 is 1.73 bits per heavy atom. The summed E-state index contributed by atoms with van der Waals surface area (Å²) in [5, 5.41) is 10.1. The van der Waals surface area contributed by atoms with E-state index >= 15 is 0 Å². The molecule has 0 saturated carbocycles. The molecule has 0 spiro atoms. The second-order valence-corrected chi connectivity index (χ2v) is 3.20. The van der Waals surface area contributed by atoms with Gasteiger partial charge in [0.1, 0.15) is 5.03 Å². The van der Waals surface area contributed by atoms with E-state index in [9.17, 15) is 4.79 Å². The lowest BCUT2D eigenvalue weighted by Gasteiger charge is -1.86. The number of carboxylic acid groups (broad SMARTS) is 1. The molecule has 58 valence electrons. The molecule has 0 unspecified atom stereocenters. The summed E-state index contributed by atoms with van der Waals surface area (Å²) in [6.07, 6.45) is 1.43. The molecule has 0 aromatic carbocycles. The fraction of sp³-hybridized carbons (Fsp3) is 0. The lowest BCUT2D eigenvalue weighted by atomic mass is 10.4. The zero-order chi connectivity index (χ0) is 8.27. The van der Waals surface area contributed by atoms with Crippen LogP contribution in [0.15, 0.2) is 22.5 Å². The monoisotopic (exact) mass is 188 g/mol. The summed E-state index contributed by atoms with van der Waals surface area (Å²) in [7, 11) is 0. The topological polar surface area (TPSA) is 37.3 Å². The lowest BCUT2D eigenvalue weighted by molar-refractivity contribution is -0.131. The van der Waals surface area contributed by atoms with Gasteiger partial charge in [-0.05, 0) is 17.5 Å². The molecule has 4 heteroatoms. The third-order valence-corrected chi connectivity index (χ3v) is 2.11. The van der Waals surface area contributed by atoms with E-state index in [2.05, 4.69) is 0 Å². The lowest BCUT2D eigenvalue weighted by Crippen LogP contribution is -1.92. The molecule has 0 amide bonds. The Kier molecular flexibility index (Phi) is 2.68. The number of hydrogen-bond acceptors (Lipinski definition) is 2. The van der Waals surface area contributed by atoms with Gasteiger partial charge in [0, 0.05) is 4.88 Å². The Hall–Kier alpha value is -0.800. The quantitative estimate of drug-likeness (QED) is 0.724. The van der Waals surface area contributed by atoms with E-state index in [4.69, 9.17) is 16.7 Å². The van der Waals surface area contributed by atoms with Crippen LogP contribution in [0.25, 0.3) is 6.08 Å². The van der Waals surface area contributed by atoms with Crippen LogP contribution in [0.3, 0.4) is 0 Å². The molecule has 2 nitrogen and oxygen atoms in total. The average molecular weight is 189 g/mol. The second-order valence-electron chi connectivity index (χ2n) is 1.81. The van der Waals surface area contributed by atoms with Gasteiger partial charge in [-0.15, -0.1) is 11.3 Å². The summed E-state index contributed by atoms with van der Waals surface area (Å²) in [6, 6.07) is 3.64. The Labute approximate surface area is 72.7 Å². The summed E-state index contributed by atoms with van der Waals surface area (Å²) >= 11 is 6.82. The van der Waals surface area contributed by atoms with E-state index in [1.807, 2.05) is 11.4 Å². The molecule has 1 rings (SSSR count). The largest absolute Gasteiger partial charge is 0.477 e. The van der Waals surface area contributed by atoms with E-state index in [1.165, 1.54) is 17.4 Å². The molecule has 0 aliphatic carbocycles. The van der Waals surface area contributed by atoms with Gasteiger partial charge in [0.2, 0.25) is 0 Å². The molecule has 0 atom stereocenters. The Bertz CT molecular complexity index is 277. The summed E-state index contributed by atoms with van der Waals surface area (Å²) in [6.45, 7) is 0. The predicted octanol–water partition coefficient (Wildman–Crippen LogP) is 2.41. The molecule has 0 bridgehead atoms. The van der Waals surface area contributed by atoms with Gasteiger partial charge < -0.3 is 5.11 Å². The second kappa shape index (κ2) is 3.55. The molecule has 0 aliphatic rings. The van der Waals surface area contributed by atoms with Crippen LogP contribution < -0.4 is 0 Å². The van der Waals surface area contributed by atoms with Gasteiger partial charge >= 0.3 is 5.97 Å². The molecule has 0 radical (unpaired) electrons. The number of thiophene rings is 1. The molecule has 11 heavy (non-hydrogen) atoms. The van der Waals surface area contributed by atoms with Crippen LogP contribution in [0, 0.1) is 0 Å². The van der Waals surface area contributed by atoms with E-state index in [1.54, 1.807) is 6.07 Å². The fourth-order valence-electron chi connectivity index (χ4n) is 0.560. The molecular formula is C7H5ClO2S. The van der Waals surface area contributed by atoms with Crippen LogP contribution in [-0.2, 0) is 4.79 Å². The third-order valence-electron chi connectivity index (χ3n) is 1.02. The Morgan fingerprint density at radius 3 is 2.91 bits per heavy atom. The minimum Gasteiger partial charge on any atom is -0.477 e. The standard InChI is InChI=1S/C7H5ClO2S/c8-6(7(9)10)4-5-2-1-3-11-5/h1-4H,(H,9,10)/b6-4-. The molecule has 1 heterocycles. The summed E-state index contributed by atoms with van der Waals surface area (Å²) < 4.78 is 0. The smallest absolute Gasteiger partial charge is 0.347 e. The molecule has 1 aromatic rings. The molecule has 0 saturated heterocycles. The van der Waals surface area contributed by atoms with Crippen LogP contribution in [0.5, 0.6) is 0 Å². The van der Waals surface area contributed by atoms with Gasteiger partial charge in [-0.25, -0.2) is 4.79 Å². The highest BCUT2D eigenvalue weighted by molar-refractivity contribution is 7.10. The first-order chi connectivity index (χ1) is 5.20. The number of carbonyl (C=O) groups is 1. The van der Waals surface area contributed by atoms with Crippen LogP contribution in [-0.4, -0.2) is 11.1 Å². The molecule has 1 N–H and O–H groups in total. The van der Waals surface area contributed by atoms with Crippen molar-refractivity contribution in [1.82, 2.24) is 0 Å².